The average Bonchev–Trinajstić information content (AvgIpc) is 2.86. The summed E-state index contributed by atoms with van der Waals surface area (Å²) in [6.45, 7) is 6.05. The molecular formula is C19H17FNO. The van der Waals surface area contributed by atoms with Gasteiger partial charge in [-0.3, -0.25) is 9.36 Å². The van der Waals surface area contributed by atoms with Crippen molar-refractivity contribution in [3.05, 3.63) is 71.7 Å². The highest BCUT2D eigenvalue weighted by Crippen LogP contribution is 2.30. The lowest BCUT2D eigenvalue weighted by Crippen LogP contribution is -2.23. The number of halogens is 1. The summed E-state index contributed by atoms with van der Waals surface area (Å²) in [7, 11) is 0. The van der Waals surface area contributed by atoms with Crippen LogP contribution >= 0.6 is 0 Å². The van der Waals surface area contributed by atoms with Crippen LogP contribution in [-0.2, 0) is 5.41 Å². The first-order chi connectivity index (χ1) is 10.4. The van der Waals surface area contributed by atoms with E-state index in [4.69, 9.17) is 0 Å². The van der Waals surface area contributed by atoms with Gasteiger partial charge in [-0.25, -0.2) is 4.39 Å². The van der Waals surface area contributed by atoms with Crippen LogP contribution in [0.3, 0.4) is 0 Å². The molecule has 0 amide bonds. The Morgan fingerprint density at radius 3 is 2.41 bits per heavy atom. The molecule has 0 saturated heterocycles. The van der Waals surface area contributed by atoms with Gasteiger partial charge in [-0.15, -0.1) is 0 Å². The van der Waals surface area contributed by atoms with Gasteiger partial charge in [-0.1, -0.05) is 39.0 Å². The molecule has 0 aliphatic carbocycles. The third-order valence-corrected chi connectivity index (χ3v) is 3.61. The molecule has 0 aliphatic rings. The van der Waals surface area contributed by atoms with E-state index in [-0.39, 0.29) is 17.1 Å². The minimum Gasteiger partial charge on any atom is -0.279 e. The number of carbonyl (C=O) groups is 1. The summed E-state index contributed by atoms with van der Waals surface area (Å²) in [4.78, 5) is 12.9. The number of benzene rings is 2. The summed E-state index contributed by atoms with van der Waals surface area (Å²) in [6.07, 6.45) is 0. The summed E-state index contributed by atoms with van der Waals surface area (Å²) in [5, 5.41) is 0.620. The number of aromatic nitrogens is 1. The summed E-state index contributed by atoms with van der Waals surface area (Å²) in [5.74, 6) is -0.447. The Labute approximate surface area is 129 Å². The Kier molecular flexibility index (Phi) is 3.36. The highest BCUT2D eigenvalue weighted by Gasteiger charge is 2.25. The molecule has 0 saturated carbocycles. The molecule has 0 fully saturated rings. The van der Waals surface area contributed by atoms with Crippen LogP contribution in [0, 0.1) is 11.9 Å². The van der Waals surface area contributed by atoms with E-state index < -0.39 is 0 Å². The lowest BCUT2D eigenvalue weighted by Gasteiger charge is -2.21. The number of nitrogens with zero attached hydrogens (tertiary/aromatic N) is 1. The van der Waals surface area contributed by atoms with Crippen LogP contribution in [0.1, 0.15) is 36.8 Å². The fraction of sp³-hybridized carbons (Fsp3) is 0.211. The molecule has 0 spiro atoms. The number of fused-ring (bicyclic) bond motifs is 1. The molecule has 0 unspecified atom stereocenters. The summed E-state index contributed by atoms with van der Waals surface area (Å²) in [5.41, 5.74) is 1.75. The molecule has 2 aromatic carbocycles. The molecule has 0 aliphatic heterocycles. The van der Waals surface area contributed by atoms with Crippen LogP contribution in [0.2, 0.25) is 0 Å². The van der Waals surface area contributed by atoms with Gasteiger partial charge < -0.3 is 0 Å². The standard InChI is InChI=1S/C19H17FNO/c1-19(2,3)17-12-14-11-15(20)9-10-16(14)21(17)18(22)13-7-5-4-6-8-13/h4-11H,1-3H3. The smallest absolute Gasteiger partial charge is 0.262 e. The molecule has 22 heavy (non-hydrogen) atoms. The minimum absolute atomic E-state index is 0.122. The van der Waals surface area contributed by atoms with Crippen LogP contribution in [0.15, 0.2) is 48.5 Å². The molecule has 0 atom stereocenters. The molecule has 2 nitrogen and oxygen atoms in total. The number of carbonyl (C=O) groups excluding carboxylic acids is 1. The largest absolute Gasteiger partial charge is 0.279 e. The second kappa shape index (κ2) is 5.09. The molecule has 0 N–H and O–H groups in total. The summed E-state index contributed by atoms with van der Waals surface area (Å²) < 4.78 is 15.1. The Balaban J connectivity index is 2.29. The normalized spacial score (nSPS) is 11.8. The van der Waals surface area contributed by atoms with Crippen molar-refractivity contribution in [2.24, 2.45) is 0 Å². The fourth-order valence-corrected chi connectivity index (χ4v) is 2.55. The van der Waals surface area contributed by atoms with Crippen molar-refractivity contribution in [1.29, 1.82) is 0 Å². The Hall–Kier alpha value is -2.42. The summed E-state index contributed by atoms with van der Waals surface area (Å²) in [6, 6.07) is 16.7. The Bertz CT molecular complexity index is 841. The Morgan fingerprint density at radius 2 is 1.77 bits per heavy atom. The number of hydrogen-bond donors (Lipinski definition) is 0. The second-order valence-electron chi connectivity index (χ2n) is 6.39. The molecule has 111 valence electrons. The number of hydrogen-bond acceptors (Lipinski definition) is 1. The van der Waals surface area contributed by atoms with E-state index in [1.807, 2.05) is 39.0 Å². The molecule has 0 bridgehead atoms. The van der Waals surface area contributed by atoms with Crippen molar-refractivity contribution in [1.82, 2.24) is 4.57 Å². The maximum absolute atomic E-state index is 13.5. The van der Waals surface area contributed by atoms with Crippen LogP contribution < -0.4 is 0 Å². The monoisotopic (exact) mass is 294 g/mol. The van der Waals surface area contributed by atoms with E-state index in [1.54, 1.807) is 22.8 Å². The van der Waals surface area contributed by atoms with E-state index in [0.717, 1.165) is 5.69 Å². The van der Waals surface area contributed by atoms with E-state index >= 15 is 0 Å². The van der Waals surface area contributed by atoms with Crippen LogP contribution in [0.4, 0.5) is 4.39 Å². The quantitative estimate of drug-likeness (QED) is 0.644. The molecule has 1 heterocycles. The van der Waals surface area contributed by atoms with E-state index in [9.17, 15) is 9.18 Å². The van der Waals surface area contributed by atoms with Crippen molar-refractivity contribution in [3.8, 4) is 0 Å². The molecule has 3 rings (SSSR count). The van der Waals surface area contributed by atoms with Crippen molar-refractivity contribution < 1.29 is 9.18 Å². The van der Waals surface area contributed by atoms with Crippen molar-refractivity contribution >= 4 is 16.8 Å². The Morgan fingerprint density at radius 1 is 1.09 bits per heavy atom. The fourth-order valence-electron chi connectivity index (χ4n) is 2.55. The maximum Gasteiger partial charge on any atom is 0.262 e. The highest BCUT2D eigenvalue weighted by atomic mass is 19.1. The zero-order chi connectivity index (χ0) is 15.9. The van der Waals surface area contributed by atoms with Crippen molar-refractivity contribution in [3.63, 3.8) is 0 Å². The second-order valence-corrected chi connectivity index (χ2v) is 6.39. The average molecular weight is 294 g/mol. The lowest BCUT2D eigenvalue weighted by atomic mass is 9.92. The first kappa shape index (κ1) is 14.5. The molecule has 3 heteroatoms. The first-order valence-electron chi connectivity index (χ1n) is 7.21. The predicted octanol–water partition coefficient (Wildman–Crippen LogP) is 4.57. The van der Waals surface area contributed by atoms with Gasteiger partial charge in [0.15, 0.2) is 0 Å². The SMILES string of the molecule is CC(C)(C)c1[c]c2cc(F)ccc2n1C(=O)c1ccccc1. The van der Waals surface area contributed by atoms with Gasteiger partial charge in [0.1, 0.15) is 5.82 Å². The lowest BCUT2D eigenvalue weighted by molar-refractivity contribution is 0.0958. The van der Waals surface area contributed by atoms with Gasteiger partial charge >= 0.3 is 0 Å². The van der Waals surface area contributed by atoms with Gasteiger partial charge in [0.25, 0.3) is 5.91 Å². The third-order valence-electron chi connectivity index (χ3n) is 3.61. The summed E-state index contributed by atoms with van der Waals surface area (Å²) >= 11 is 0. The van der Waals surface area contributed by atoms with Crippen molar-refractivity contribution in [2.75, 3.05) is 0 Å². The van der Waals surface area contributed by atoms with Gasteiger partial charge in [-0.05, 0) is 30.3 Å². The molecule has 1 radical (unpaired) electrons. The topological polar surface area (TPSA) is 22.0 Å². The van der Waals surface area contributed by atoms with Crippen LogP contribution in [0.5, 0.6) is 0 Å². The van der Waals surface area contributed by atoms with E-state index in [0.29, 0.717) is 16.5 Å². The van der Waals surface area contributed by atoms with Gasteiger partial charge in [0.2, 0.25) is 0 Å². The van der Waals surface area contributed by atoms with Crippen molar-refractivity contribution in [2.45, 2.75) is 26.2 Å². The zero-order valence-corrected chi connectivity index (χ0v) is 12.9. The zero-order valence-electron chi connectivity index (χ0n) is 12.9. The van der Waals surface area contributed by atoms with E-state index in [1.165, 1.54) is 12.1 Å². The van der Waals surface area contributed by atoms with Gasteiger partial charge in [0.05, 0.1) is 5.52 Å². The molecule has 3 aromatic rings. The van der Waals surface area contributed by atoms with Crippen LogP contribution in [-0.4, -0.2) is 10.5 Å². The minimum atomic E-state index is -0.325. The number of rotatable bonds is 1. The van der Waals surface area contributed by atoms with Gasteiger partial charge in [0, 0.05) is 28.1 Å². The highest BCUT2D eigenvalue weighted by molar-refractivity contribution is 6.03. The maximum atomic E-state index is 13.5. The predicted molar refractivity (Wildman–Crippen MR) is 85.6 cm³/mol. The third kappa shape index (κ3) is 2.43. The molecular weight excluding hydrogens is 277 g/mol. The first-order valence-corrected chi connectivity index (χ1v) is 7.21. The van der Waals surface area contributed by atoms with Gasteiger partial charge in [-0.2, -0.15) is 0 Å². The molecule has 1 aromatic heterocycles. The van der Waals surface area contributed by atoms with E-state index in [2.05, 4.69) is 6.07 Å². The van der Waals surface area contributed by atoms with Crippen LogP contribution in [0.25, 0.3) is 10.9 Å².